The summed E-state index contributed by atoms with van der Waals surface area (Å²) < 4.78 is 10.3. The molecule has 0 aromatic heterocycles. The van der Waals surface area contributed by atoms with Crippen molar-refractivity contribution in [1.29, 1.82) is 0 Å². The number of ether oxygens (including phenoxy) is 2. The van der Waals surface area contributed by atoms with Crippen molar-refractivity contribution in [1.82, 2.24) is 5.32 Å². The molecule has 1 atom stereocenters. The third-order valence-electron chi connectivity index (χ3n) is 2.68. The number of hydrogen-bond acceptors (Lipinski definition) is 4. The zero-order valence-corrected chi connectivity index (χ0v) is 12.7. The molecule has 1 aromatic rings. The molecule has 1 unspecified atom stereocenters. The lowest BCUT2D eigenvalue weighted by atomic mass is 10.1. The van der Waals surface area contributed by atoms with Gasteiger partial charge in [0, 0.05) is 11.9 Å². The van der Waals surface area contributed by atoms with Crippen LogP contribution in [0.3, 0.4) is 0 Å². The second kappa shape index (κ2) is 7.14. The topological polar surface area (TPSA) is 64.6 Å². The third kappa shape index (κ3) is 4.42. The summed E-state index contributed by atoms with van der Waals surface area (Å²) in [5.41, 5.74) is 1.72. The first-order valence-electron chi connectivity index (χ1n) is 6.09. The van der Waals surface area contributed by atoms with Crippen LogP contribution in [0.2, 0.25) is 5.02 Å². The van der Waals surface area contributed by atoms with Crippen molar-refractivity contribution in [2.24, 2.45) is 0 Å². The highest BCUT2D eigenvalue weighted by atomic mass is 35.5. The van der Waals surface area contributed by atoms with Gasteiger partial charge in [-0.1, -0.05) is 11.6 Å². The quantitative estimate of drug-likeness (QED) is 0.845. The van der Waals surface area contributed by atoms with Crippen LogP contribution in [0.15, 0.2) is 12.1 Å². The Balaban J connectivity index is 2.82. The van der Waals surface area contributed by atoms with E-state index >= 15 is 0 Å². The third-order valence-corrected chi connectivity index (χ3v) is 2.90. The van der Waals surface area contributed by atoms with Crippen molar-refractivity contribution in [3.8, 4) is 5.75 Å². The standard InChI is InChI=1S/C14H18ClNO4/c1-8-5-11(15)6-9(2)13(8)20-7-12(14(18)19-4)16-10(3)17/h5-6,12H,7H2,1-4H3,(H,16,17). The molecule has 0 fully saturated rings. The van der Waals surface area contributed by atoms with Gasteiger partial charge in [-0.3, -0.25) is 4.79 Å². The number of rotatable bonds is 5. The minimum absolute atomic E-state index is 0.00440. The summed E-state index contributed by atoms with van der Waals surface area (Å²) in [4.78, 5) is 22.6. The minimum Gasteiger partial charge on any atom is -0.490 e. The Morgan fingerprint density at radius 3 is 2.30 bits per heavy atom. The molecule has 110 valence electrons. The van der Waals surface area contributed by atoms with Gasteiger partial charge < -0.3 is 14.8 Å². The fourth-order valence-electron chi connectivity index (χ4n) is 1.85. The first kappa shape index (κ1) is 16.3. The van der Waals surface area contributed by atoms with Crippen LogP contribution in [0.4, 0.5) is 0 Å². The Bertz CT molecular complexity index is 493. The maximum absolute atomic E-state index is 11.6. The zero-order valence-electron chi connectivity index (χ0n) is 12.0. The summed E-state index contributed by atoms with van der Waals surface area (Å²) in [5, 5.41) is 3.11. The fraction of sp³-hybridized carbons (Fsp3) is 0.429. The van der Waals surface area contributed by atoms with Crippen molar-refractivity contribution in [2.45, 2.75) is 26.8 Å². The fourth-order valence-corrected chi connectivity index (χ4v) is 2.18. The SMILES string of the molecule is COC(=O)C(COc1c(C)cc(Cl)cc1C)NC(C)=O. The first-order valence-corrected chi connectivity index (χ1v) is 6.47. The molecule has 0 aliphatic rings. The van der Waals surface area contributed by atoms with Crippen molar-refractivity contribution in [3.05, 3.63) is 28.3 Å². The van der Waals surface area contributed by atoms with Gasteiger partial charge in [0.25, 0.3) is 0 Å². The Hall–Kier alpha value is -1.75. The van der Waals surface area contributed by atoms with Crippen LogP contribution in [0.1, 0.15) is 18.1 Å². The average Bonchev–Trinajstić information content (AvgIpc) is 2.34. The van der Waals surface area contributed by atoms with Crippen molar-refractivity contribution in [2.75, 3.05) is 13.7 Å². The molecule has 0 radical (unpaired) electrons. The first-order chi connectivity index (χ1) is 9.35. The van der Waals surface area contributed by atoms with E-state index in [1.54, 1.807) is 12.1 Å². The lowest BCUT2D eigenvalue weighted by molar-refractivity contribution is -0.145. The lowest BCUT2D eigenvalue weighted by Crippen LogP contribution is -2.44. The van der Waals surface area contributed by atoms with E-state index in [1.807, 2.05) is 13.8 Å². The summed E-state index contributed by atoms with van der Waals surface area (Å²) in [6.07, 6.45) is 0. The zero-order chi connectivity index (χ0) is 15.3. The predicted octanol–water partition coefficient (Wildman–Crippen LogP) is 2.01. The number of nitrogens with one attached hydrogen (secondary N) is 1. The Morgan fingerprint density at radius 1 is 1.30 bits per heavy atom. The van der Waals surface area contributed by atoms with Gasteiger partial charge in [-0.05, 0) is 37.1 Å². The molecule has 5 nitrogen and oxygen atoms in total. The van der Waals surface area contributed by atoms with Gasteiger partial charge in [0.2, 0.25) is 5.91 Å². The predicted molar refractivity (Wildman–Crippen MR) is 76.0 cm³/mol. The molecule has 1 N–H and O–H groups in total. The van der Waals surface area contributed by atoms with E-state index in [4.69, 9.17) is 16.3 Å². The molecule has 6 heteroatoms. The molecule has 0 heterocycles. The van der Waals surface area contributed by atoms with E-state index in [0.29, 0.717) is 10.8 Å². The number of aryl methyl sites for hydroxylation is 2. The molecule has 0 saturated heterocycles. The minimum atomic E-state index is -0.841. The highest BCUT2D eigenvalue weighted by molar-refractivity contribution is 6.30. The Kier molecular flexibility index (Phi) is 5.82. The Morgan fingerprint density at radius 2 is 1.85 bits per heavy atom. The van der Waals surface area contributed by atoms with Crippen LogP contribution in [0, 0.1) is 13.8 Å². The highest BCUT2D eigenvalue weighted by Crippen LogP contribution is 2.27. The summed E-state index contributed by atoms with van der Waals surface area (Å²) in [5.74, 6) is -0.230. The average molecular weight is 300 g/mol. The van der Waals surface area contributed by atoms with Crippen LogP contribution < -0.4 is 10.1 Å². The normalized spacial score (nSPS) is 11.7. The largest absolute Gasteiger partial charge is 0.490 e. The van der Waals surface area contributed by atoms with Crippen LogP contribution >= 0.6 is 11.6 Å². The van der Waals surface area contributed by atoms with Gasteiger partial charge in [-0.25, -0.2) is 4.79 Å². The van der Waals surface area contributed by atoms with Crippen LogP contribution in [0.5, 0.6) is 5.75 Å². The number of carbonyl (C=O) groups is 2. The van der Waals surface area contributed by atoms with Gasteiger partial charge in [0.05, 0.1) is 7.11 Å². The monoisotopic (exact) mass is 299 g/mol. The van der Waals surface area contributed by atoms with Crippen molar-refractivity contribution in [3.63, 3.8) is 0 Å². The van der Waals surface area contributed by atoms with Gasteiger partial charge in [-0.15, -0.1) is 0 Å². The van der Waals surface area contributed by atoms with Crippen molar-refractivity contribution >= 4 is 23.5 Å². The van der Waals surface area contributed by atoms with Gasteiger partial charge in [0.1, 0.15) is 12.4 Å². The molecule has 0 saturated carbocycles. The lowest BCUT2D eigenvalue weighted by Gasteiger charge is -2.18. The van der Waals surface area contributed by atoms with E-state index in [-0.39, 0.29) is 12.5 Å². The molecule has 20 heavy (non-hydrogen) atoms. The molecule has 1 amide bonds. The van der Waals surface area contributed by atoms with E-state index in [9.17, 15) is 9.59 Å². The molecule has 0 aliphatic heterocycles. The molecule has 1 aromatic carbocycles. The number of methoxy groups -OCH3 is 1. The number of benzene rings is 1. The van der Waals surface area contributed by atoms with E-state index in [0.717, 1.165) is 11.1 Å². The maximum atomic E-state index is 11.6. The maximum Gasteiger partial charge on any atom is 0.331 e. The van der Waals surface area contributed by atoms with Gasteiger partial charge in [0.15, 0.2) is 6.04 Å². The molecule has 0 spiro atoms. The summed E-state index contributed by atoms with van der Waals surface area (Å²) in [6.45, 7) is 5.05. The summed E-state index contributed by atoms with van der Waals surface area (Å²) in [6, 6.07) is 2.71. The van der Waals surface area contributed by atoms with Gasteiger partial charge in [-0.2, -0.15) is 0 Å². The number of carbonyl (C=O) groups excluding carboxylic acids is 2. The smallest absolute Gasteiger partial charge is 0.331 e. The Labute approximate surface area is 123 Å². The highest BCUT2D eigenvalue weighted by Gasteiger charge is 2.21. The number of hydrogen-bond donors (Lipinski definition) is 1. The van der Waals surface area contributed by atoms with Crippen LogP contribution in [-0.2, 0) is 14.3 Å². The van der Waals surface area contributed by atoms with Crippen molar-refractivity contribution < 1.29 is 19.1 Å². The summed E-state index contributed by atoms with van der Waals surface area (Å²) in [7, 11) is 1.26. The molecule has 0 bridgehead atoms. The molecule has 1 rings (SSSR count). The number of amides is 1. The second-order valence-electron chi connectivity index (χ2n) is 4.46. The van der Waals surface area contributed by atoms with Crippen LogP contribution in [-0.4, -0.2) is 31.6 Å². The van der Waals surface area contributed by atoms with E-state index in [2.05, 4.69) is 10.1 Å². The number of esters is 1. The summed E-state index contributed by atoms with van der Waals surface area (Å²) >= 11 is 5.94. The van der Waals surface area contributed by atoms with Crippen LogP contribution in [0.25, 0.3) is 0 Å². The van der Waals surface area contributed by atoms with Gasteiger partial charge >= 0.3 is 5.97 Å². The molecule has 0 aliphatic carbocycles. The van der Waals surface area contributed by atoms with E-state index in [1.165, 1.54) is 14.0 Å². The van der Waals surface area contributed by atoms with E-state index < -0.39 is 12.0 Å². The second-order valence-corrected chi connectivity index (χ2v) is 4.89. The molecular formula is C14H18ClNO4. The molecular weight excluding hydrogens is 282 g/mol. The number of halogens is 1.